The van der Waals surface area contributed by atoms with Crippen LogP contribution in [0.4, 0.5) is 0 Å². The molecule has 3 atom stereocenters. The quantitative estimate of drug-likeness (QED) is 0.228. The minimum Gasteiger partial charge on any atom is -0.493 e. The van der Waals surface area contributed by atoms with Gasteiger partial charge < -0.3 is 14.2 Å². The van der Waals surface area contributed by atoms with E-state index in [-0.39, 0.29) is 0 Å². The monoisotopic (exact) mass is 496 g/mol. The number of para-hydroxylation sites is 2. The first-order chi connectivity index (χ1) is 18.2. The van der Waals surface area contributed by atoms with E-state index in [0.717, 1.165) is 70.5 Å². The Morgan fingerprint density at radius 2 is 1.81 bits per heavy atom. The molecule has 2 aliphatic rings. The first kappa shape index (κ1) is 23.9. The molecule has 0 N–H and O–H groups in total. The smallest absolute Gasteiger partial charge is 0.161 e. The van der Waals surface area contributed by atoms with Crippen LogP contribution in [-0.2, 0) is 13.0 Å². The molecule has 37 heavy (non-hydrogen) atoms. The minimum absolute atomic E-state index is 0.317. The van der Waals surface area contributed by atoms with E-state index < -0.39 is 0 Å². The standard InChI is InChI=1S/C32H36N2O3/c1-3-4-9-32-33-27-7-5-6-8-28(27)34(32)25-13-15-26(16-14-25)36-21-23-11-17-29(35-2)31(20-23)37-30-19-22-10-12-24(30)18-22/h5-8,11,13-17,20,22,24,30H,3-4,9-10,12,18-19,21H2,1-2H3. The van der Waals surface area contributed by atoms with Crippen LogP contribution in [0.3, 0.4) is 0 Å². The molecule has 1 heterocycles. The van der Waals surface area contributed by atoms with Crippen LogP contribution in [0.1, 0.15) is 56.8 Å². The number of ether oxygens (including phenoxy) is 3. The molecule has 6 rings (SSSR count). The van der Waals surface area contributed by atoms with Gasteiger partial charge >= 0.3 is 0 Å². The molecule has 3 unspecified atom stereocenters. The number of imidazole rings is 1. The maximum atomic E-state index is 6.47. The SMILES string of the molecule is CCCCc1nc2ccccc2n1-c1ccc(OCc2ccc(OC)c(OC3CC4CCC3C4)c2)cc1. The molecular weight excluding hydrogens is 460 g/mol. The van der Waals surface area contributed by atoms with Crippen LogP contribution in [0.15, 0.2) is 66.7 Å². The number of hydrogen-bond donors (Lipinski definition) is 0. The third kappa shape index (κ3) is 4.92. The third-order valence-electron chi connectivity index (χ3n) is 8.06. The third-order valence-corrected chi connectivity index (χ3v) is 8.06. The summed E-state index contributed by atoms with van der Waals surface area (Å²) in [6, 6.07) is 22.8. The highest BCUT2D eigenvalue weighted by Crippen LogP contribution is 2.47. The van der Waals surface area contributed by atoms with Crippen molar-refractivity contribution in [2.24, 2.45) is 11.8 Å². The van der Waals surface area contributed by atoms with Crippen LogP contribution in [0, 0.1) is 11.8 Å². The Hall–Kier alpha value is -3.47. The van der Waals surface area contributed by atoms with Gasteiger partial charge in [0.1, 0.15) is 24.3 Å². The van der Waals surface area contributed by atoms with Crippen molar-refractivity contribution in [3.05, 3.63) is 78.1 Å². The van der Waals surface area contributed by atoms with E-state index in [1.54, 1.807) is 7.11 Å². The molecule has 0 radical (unpaired) electrons. The highest BCUT2D eigenvalue weighted by atomic mass is 16.5. The van der Waals surface area contributed by atoms with Gasteiger partial charge in [-0.1, -0.05) is 31.5 Å². The summed E-state index contributed by atoms with van der Waals surface area (Å²) in [7, 11) is 1.71. The Morgan fingerprint density at radius 3 is 2.57 bits per heavy atom. The summed E-state index contributed by atoms with van der Waals surface area (Å²) in [5, 5.41) is 0. The fourth-order valence-corrected chi connectivity index (χ4v) is 6.12. The number of hydrogen-bond acceptors (Lipinski definition) is 4. The molecule has 5 nitrogen and oxygen atoms in total. The highest BCUT2D eigenvalue weighted by Gasteiger charge is 2.41. The summed E-state index contributed by atoms with van der Waals surface area (Å²) < 4.78 is 20.5. The number of methoxy groups -OCH3 is 1. The summed E-state index contributed by atoms with van der Waals surface area (Å²) >= 11 is 0. The number of rotatable bonds is 10. The van der Waals surface area contributed by atoms with Crippen molar-refractivity contribution in [1.29, 1.82) is 0 Å². The lowest BCUT2D eigenvalue weighted by Gasteiger charge is -2.24. The van der Waals surface area contributed by atoms with Gasteiger partial charge in [-0.05, 0) is 98.0 Å². The minimum atomic E-state index is 0.317. The molecular formula is C32H36N2O3. The Balaban J connectivity index is 1.16. The van der Waals surface area contributed by atoms with Crippen molar-refractivity contribution >= 4 is 11.0 Å². The Morgan fingerprint density at radius 1 is 0.946 bits per heavy atom. The van der Waals surface area contributed by atoms with Crippen molar-refractivity contribution < 1.29 is 14.2 Å². The highest BCUT2D eigenvalue weighted by molar-refractivity contribution is 5.78. The van der Waals surface area contributed by atoms with Crippen molar-refractivity contribution in [2.45, 2.75) is 64.6 Å². The van der Waals surface area contributed by atoms with Crippen molar-refractivity contribution in [1.82, 2.24) is 9.55 Å². The molecule has 5 heteroatoms. The van der Waals surface area contributed by atoms with Crippen molar-refractivity contribution in [3.63, 3.8) is 0 Å². The molecule has 2 saturated carbocycles. The second kappa shape index (κ2) is 10.5. The predicted molar refractivity (Wildman–Crippen MR) is 147 cm³/mol. The fourth-order valence-electron chi connectivity index (χ4n) is 6.12. The molecule has 0 spiro atoms. The zero-order valence-corrected chi connectivity index (χ0v) is 21.9. The molecule has 4 aromatic rings. The first-order valence-corrected chi connectivity index (χ1v) is 13.7. The lowest BCUT2D eigenvalue weighted by Crippen LogP contribution is -2.23. The average Bonchev–Trinajstić information content (AvgIpc) is 3.65. The van der Waals surface area contributed by atoms with Crippen LogP contribution >= 0.6 is 0 Å². The summed E-state index contributed by atoms with van der Waals surface area (Å²) in [6.07, 6.45) is 8.71. The second-order valence-corrected chi connectivity index (χ2v) is 10.6. The zero-order valence-electron chi connectivity index (χ0n) is 21.9. The molecule has 1 aromatic heterocycles. The molecule has 0 amide bonds. The van der Waals surface area contributed by atoms with E-state index in [9.17, 15) is 0 Å². The topological polar surface area (TPSA) is 45.5 Å². The van der Waals surface area contributed by atoms with E-state index in [4.69, 9.17) is 19.2 Å². The predicted octanol–water partition coefficient (Wildman–Crippen LogP) is 7.52. The van der Waals surface area contributed by atoms with E-state index in [0.29, 0.717) is 18.6 Å². The molecule has 0 saturated heterocycles. The van der Waals surface area contributed by atoms with Crippen LogP contribution in [-0.4, -0.2) is 22.8 Å². The molecule has 192 valence electrons. The largest absolute Gasteiger partial charge is 0.493 e. The second-order valence-electron chi connectivity index (χ2n) is 10.6. The lowest BCUT2D eigenvalue weighted by atomic mass is 9.97. The van der Waals surface area contributed by atoms with Crippen LogP contribution < -0.4 is 14.2 Å². The number of benzene rings is 3. The normalized spacial score (nSPS) is 20.4. The number of fused-ring (bicyclic) bond motifs is 3. The van der Waals surface area contributed by atoms with Gasteiger partial charge in [0.2, 0.25) is 0 Å². The Kier molecular flexibility index (Phi) is 6.77. The molecule has 0 aliphatic heterocycles. The number of aromatic nitrogens is 2. The molecule has 2 bridgehead atoms. The van der Waals surface area contributed by atoms with Gasteiger partial charge in [-0.15, -0.1) is 0 Å². The van der Waals surface area contributed by atoms with E-state index in [1.807, 2.05) is 24.3 Å². The molecule has 3 aromatic carbocycles. The van der Waals surface area contributed by atoms with Gasteiger partial charge in [-0.2, -0.15) is 0 Å². The lowest BCUT2D eigenvalue weighted by molar-refractivity contribution is 0.133. The van der Waals surface area contributed by atoms with Gasteiger partial charge in [0.05, 0.1) is 18.1 Å². The van der Waals surface area contributed by atoms with E-state index in [2.05, 4.69) is 54.0 Å². The number of nitrogens with zero attached hydrogens (tertiary/aromatic N) is 2. The average molecular weight is 497 g/mol. The summed E-state index contributed by atoms with van der Waals surface area (Å²) in [6.45, 7) is 2.70. The van der Waals surface area contributed by atoms with E-state index in [1.165, 1.54) is 25.7 Å². The zero-order chi connectivity index (χ0) is 25.2. The maximum Gasteiger partial charge on any atom is 0.161 e. The van der Waals surface area contributed by atoms with Crippen molar-refractivity contribution in [2.75, 3.05) is 7.11 Å². The number of aryl methyl sites for hydroxylation is 1. The summed E-state index contributed by atoms with van der Waals surface area (Å²) in [5.41, 5.74) is 4.36. The van der Waals surface area contributed by atoms with Crippen molar-refractivity contribution in [3.8, 4) is 22.9 Å². The van der Waals surface area contributed by atoms with Crippen LogP contribution in [0.25, 0.3) is 16.7 Å². The Bertz CT molecular complexity index is 1360. The van der Waals surface area contributed by atoms with Gasteiger partial charge in [-0.3, -0.25) is 4.57 Å². The van der Waals surface area contributed by atoms with Gasteiger partial charge in [0.15, 0.2) is 11.5 Å². The number of unbranched alkanes of at least 4 members (excludes halogenated alkanes) is 1. The maximum absolute atomic E-state index is 6.47. The van der Waals surface area contributed by atoms with Crippen LogP contribution in [0.5, 0.6) is 17.2 Å². The summed E-state index contributed by atoms with van der Waals surface area (Å²) in [4.78, 5) is 4.91. The molecule has 2 aliphatic carbocycles. The fraction of sp³-hybridized carbons (Fsp3) is 0.406. The van der Waals surface area contributed by atoms with Gasteiger partial charge in [0, 0.05) is 12.1 Å². The first-order valence-electron chi connectivity index (χ1n) is 13.7. The van der Waals surface area contributed by atoms with Gasteiger partial charge in [0.25, 0.3) is 0 Å². The van der Waals surface area contributed by atoms with Crippen LogP contribution in [0.2, 0.25) is 0 Å². The van der Waals surface area contributed by atoms with E-state index >= 15 is 0 Å². The Labute approximate surface area is 219 Å². The molecule has 2 fully saturated rings. The summed E-state index contributed by atoms with van der Waals surface area (Å²) in [5.74, 6) is 5.12. The van der Waals surface area contributed by atoms with Gasteiger partial charge in [-0.25, -0.2) is 4.98 Å².